The van der Waals surface area contributed by atoms with Gasteiger partial charge < -0.3 is 9.13 Å². The van der Waals surface area contributed by atoms with Gasteiger partial charge in [-0.25, -0.2) is 19.8 Å². The van der Waals surface area contributed by atoms with Gasteiger partial charge in [0, 0.05) is 49.4 Å². The summed E-state index contributed by atoms with van der Waals surface area (Å²) in [7, 11) is 0. The van der Waals surface area contributed by atoms with E-state index in [4.69, 9.17) is 21.5 Å². The van der Waals surface area contributed by atoms with Crippen LogP contribution in [-0.4, -0.2) is 24.1 Å². The molecule has 12 rings (SSSR count). The summed E-state index contributed by atoms with van der Waals surface area (Å²) in [6.45, 7) is 44.1. The second-order valence-corrected chi connectivity index (χ2v) is 27.8. The van der Waals surface area contributed by atoms with E-state index in [2.05, 4.69) is 276 Å². The van der Waals surface area contributed by atoms with E-state index in [0.29, 0.717) is 23.2 Å². The molecular weight excluding hydrogens is 1020 g/mol. The van der Waals surface area contributed by atoms with E-state index < -0.39 is 0 Å². The highest BCUT2D eigenvalue weighted by atomic mass is 15.0. The molecule has 418 valence electrons. The van der Waals surface area contributed by atoms with Crippen molar-refractivity contribution in [3.8, 4) is 67.8 Å². The third-order valence-corrected chi connectivity index (χ3v) is 17.0. The molecule has 0 saturated heterocycles. The molecule has 0 amide bonds. The van der Waals surface area contributed by atoms with E-state index in [1.165, 1.54) is 66.1 Å². The SMILES string of the molecule is [C-]#[N+]c1cccc(-c2ccc(-c3cc(-c4nc(-c5cc(C(C)(C)C)cc(C(C)(C)C)c5)nc(-c5cc(C(C)(C)C)cc(C(C)(C)C)c5)n4)ccc3-n3c4ccc(C)cc4c4cc(C)ccc43)c(-n3c4ccc(C)cc4c4cc(C)ccc43)c2)c1. The summed E-state index contributed by atoms with van der Waals surface area (Å²) < 4.78 is 4.92. The molecule has 3 heterocycles. The van der Waals surface area contributed by atoms with Gasteiger partial charge in [0.2, 0.25) is 0 Å². The third kappa shape index (κ3) is 10.2. The van der Waals surface area contributed by atoms with Crippen LogP contribution in [0.4, 0.5) is 5.69 Å². The standard InChI is InChI=1S/C78H76N6/c1-46-21-28-66-61(33-46)62-34-47(2)22-29-67(62)83(66)70-32-26-52(42-65(70)60-27-25-51(50-19-18-20-59(41-50)79-17)43-71(60)84-68-30-23-48(3)35-63(68)64-36-49(4)24-31-69(64)84)72-80-73(53-37-55(75(5,6)7)44-56(38-53)76(8,9)10)82-74(81-72)54-39-57(77(11,12)13)45-58(40-54)78(14,15)16/h18-45H,1-16H3. The molecule has 84 heavy (non-hydrogen) atoms. The molecule has 0 aliphatic rings. The Kier molecular flexibility index (Phi) is 13.3. The Morgan fingerprint density at radius 2 is 0.690 bits per heavy atom. The van der Waals surface area contributed by atoms with Crippen molar-refractivity contribution in [1.29, 1.82) is 0 Å². The maximum Gasteiger partial charge on any atom is 0.187 e. The number of hydrogen-bond acceptors (Lipinski definition) is 3. The molecule has 6 heteroatoms. The first kappa shape index (κ1) is 55.6. The van der Waals surface area contributed by atoms with Gasteiger partial charge in [-0.15, -0.1) is 0 Å². The summed E-state index contributed by atoms with van der Waals surface area (Å²) >= 11 is 0. The number of aromatic nitrogens is 5. The van der Waals surface area contributed by atoms with E-state index in [1.807, 2.05) is 18.2 Å². The molecular formula is C78H76N6. The van der Waals surface area contributed by atoms with Gasteiger partial charge in [0.05, 0.1) is 40.0 Å². The van der Waals surface area contributed by atoms with Crippen molar-refractivity contribution in [3.63, 3.8) is 0 Å². The maximum absolute atomic E-state index is 8.01. The molecule has 0 fully saturated rings. The Bertz CT molecular complexity index is 4420. The summed E-state index contributed by atoms with van der Waals surface area (Å²) in [5.41, 5.74) is 23.2. The molecule has 0 aliphatic heterocycles. The molecule has 0 saturated carbocycles. The van der Waals surface area contributed by atoms with Gasteiger partial charge in [0.15, 0.2) is 23.2 Å². The predicted molar refractivity (Wildman–Crippen MR) is 356 cm³/mol. The Morgan fingerprint density at radius 3 is 1.08 bits per heavy atom. The molecule has 0 atom stereocenters. The molecule has 0 unspecified atom stereocenters. The molecule has 9 aromatic carbocycles. The highest BCUT2D eigenvalue weighted by Gasteiger charge is 2.28. The molecule has 3 aromatic heterocycles. The largest absolute Gasteiger partial charge is 0.309 e. The van der Waals surface area contributed by atoms with Gasteiger partial charge in [-0.3, -0.25) is 0 Å². The minimum Gasteiger partial charge on any atom is -0.309 e. The van der Waals surface area contributed by atoms with Crippen molar-refractivity contribution in [2.24, 2.45) is 0 Å². The quantitative estimate of drug-likeness (QED) is 0.149. The summed E-state index contributed by atoms with van der Waals surface area (Å²) in [6, 6.07) is 62.9. The van der Waals surface area contributed by atoms with Crippen molar-refractivity contribution < 1.29 is 0 Å². The zero-order chi connectivity index (χ0) is 59.5. The number of nitrogens with zero attached hydrogens (tertiary/aromatic N) is 6. The number of hydrogen-bond donors (Lipinski definition) is 0. The second kappa shape index (κ2) is 20.2. The van der Waals surface area contributed by atoms with Gasteiger partial charge in [-0.05, 0) is 186 Å². The van der Waals surface area contributed by atoms with Gasteiger partial charge in [0.1, 0.15) is 0 Å². The Morgan fingerprint density at radius 1 is 0.321 bits per heavy atom. The Labute approximate surface area is 496 Å². The molecule has 0 aliphatic carbocycles. The van der Waals surface area contributed by atoms with Crippen molar-refractivity contribution >= 4 is 49.3 Å². The zero-order valence-electron chi connectivity index (χ0n) is 51.8. The molecule has 0 N–H and O–H groups in total. The zero-order valence-corrected chi connectivity index (χ0v) is 51.8. The highest BCUT2D eigenvalue weighted by Crippen LogP contribution is 2.45. The van der Waals surface area contributed by atoms with Crippen LogP contribution in [0.2, 0.25) is 0 Å². The lowest BCUT2D eigenvalue weighted by Crippen LogP contribution is -2.17. The number of rotatable bonds is 7. The Balaban J connectivity index is 1.22. The van der Waals surface area contributed by atoms with Gasteiger partial charge >= 0.3 is 0 Å². The summed E-state index contributed by atoms with van der Waals surface area (Å²) in [5, 5.41) is 4.81. The number of aryl methyl sites for hydroxylation is 4. The van der Waals surface area contributed by atoms with Crippen LogP contribution < -0.4 is 0 Å². The van der Waals surface area contributed by atoms with E-state index in [-0.39, 0.29) is 21.7 Å². The smallest absolute Gasteiger partial charge is 0.187 e. The van der Waals surface area contributed by atoms with Crippen LogP contribution in [0.15, 0.2) is 170 Å². The van der Waals surface area contributed by atoms with E-state index in [0.717, 1.165) is 72.4 Å². The number of benzene rings is 9. The van der Waals surface area contributed by atoms with Crippen LogP contribution in [-0.2, 0) is 21.7 Å². The molecule has 0 bridgehead atoms. The van der Waals surface area contributed by atoms with Crippen molar-refractivity contribution in [1.82, 2.24) is 24.1 Å². The third-order valence-electron chi connectivity index (χ3n) is 17.0. The number of fused-ring (bicyclic) bond motifs is 6. The van der Waals surface area contributed by atoms with Crippen molar-refractivity contribution in [2.45, 2.75) is 132 Å². The molecule has 0 spiro atoms. The summed E-state index contributed by atoms with van der Waals surface area (Å²) in [6.07, 6.45) is 0. The molecule has 12 aromatic rings. The van der Waals surface area contributed by atoms with Crippen molar-refractivity contribution in [2.75, 3.05) is 0 Å². The van der Waals surface area contributed by atoms with Crippen LogP contribution in [0, 0.1) is 34.3 Å². The van der Waals surface area contributed by atoms with Gasteiger partial charge in [-0.2, -0.15) is 0 Å². The fourth-order valence-corrected chi connectivity index (χ4v) is 12.0. The van der Waals surface area contributed by atoms with Gasteiger partial charge in [-0.1, -0.05) is 172 Å². The predicted octanol–water partition coefficient (Wildman–Crippen LogP) is 21.4. The lowest BCUT2D eigenvalue weighted by molar-refractivity contribution is 0.568. The minimum atomic E-state index is -0.132. The highest BCUT2D eigenvalue weighted by molar-refractivity contribution is 6.12. The van der Waals surface area contributed by atoms with Crippen LogP contribution >= 0.6 is 0 Å². The fraction of sp³-hybridized carbons (Fsp3) is 0.256. The second-order valence-electron chi connectivity index (χ2n) is 27.8. The first-order chi connectivity index (χ1) is 39.7. The van der Waals surface area contributed by atoms with E-state index in [1.54, 1.807) is 0 Å². The topological polar surface area (TPSA) is 52.9 Å². The molecule has 6 nitrogen and oxygen atoms in total. The van der Waals surface area contributed by atoms with Gasteiger partial charge in [0.25, 0.3) is 0 Å². The van der Waals surface area contributed by atoms with Crippen LogP contribution in [0.1, 0.15) is 128 Å². The lowest BCUT2D eigenvalue weighted by Gasteiger charge is -2.26. The fourth-order valence-electron chi connectivity index (χ4n) is 12.0. The molecule has 0 radical (unpaired) electrons. The maximum atomic E-state index is 8.01. The summed E-state index contributed by atoms with van der Waals surface area (Å²) in [5.74, 6) is 1.85. The van der Waals surface area contributed by atoms with Crippen LogP contribution in [0.5, 0.6) is 0 Å². The van der Waals surface area contributed by atoms with E-state index >= 15 is 0 Å². The average molecular weight is 1100 g/mol. The van der Waals surface area contributed by atoms with E-state index in [9.17, 15) is 0 Å². The first-order valence-corrected chi connectivity index (χ1v) is 29.6. The monoisotopic (exact) mass is 1100 g/mol. The lowest BCUT2D eigenvalue weighted by atomic mass is 9.79. The Hall–Kier alpha value is -8.92. The average Bonchev–Trinajstić information content (AvgIpc) is 1.67. The van der Waals surface area contributed by atoms with Crippen LogP contribution in [0.3, 0.4) is 0 Å². The summed E-state index contributed by atoms with van der Waals surface area (Å²) in [4.78, 5) is 20.6. The van der Waals surface area contributed by atoms with Crippen molar-refractivity contribution in [3.05, 3.63) is 226 Å². The van der Waals surface area contributed by atoms with Crippen LogP contribution in [0.25, 0.3) is 116 Å². The normalized spacial score (nSPS) is 12.5. The first-order valence-electron chi connectivity index (χ1n) is 29.6. The minimum absolute atomic E-state index is 0.132.